The molecule has 112 heavy (non-hydrogen) atoms. The molecular weight excluding hydrogens is 1450 g/mol. The number of benzene rings is 6. The van der Waals surface area contributed by atoms with Gasteiger partial charge in [0.15, 0.2) is 51.7 Å². The molecule has 31 heteroatoms. The molecule has 3 amide bonds. The molecule has 3 fully saturated rings. The van der Waals surface area contributed by atoms with Gasteiger partial charge in [0.05, 0.1) is 101 Å². The summed E-state index contributed by atoms with van der Waals surface area (Å²) in [6.07, 6.45) is 13.6. The number of hydrogen-bond donors (Lipinski definition) is 3. The van der Waals surface area contributed by atoms with E-state index < -0.39 is 35.4 Å². The lowest BCUT2D eigenvalue weighted by Crippen LogP contribution is -2.44. The van der Waals surface area contributed by atoms with Crippen molar-refractivity contribution in [3.05, 3.63) is 194 Å². The Hall–Kier alpha value is -13.6. The van der Waals surface area contributed by atoms with Gasteiger partial charge in [-0.3, -0.25) is 38.6 Å². The van der Waals surface area contributed by atoms with E-state index >= 15 is 0 Å². The lowest BCUT2D eigenvalue weighted by atomic mass is 10.0. The number of nitrogens with zero attached hydrogens (tertiary/aromatic N) is 12. The normalized spacial score (nSPS) is 15.4. The highest BCUT2D eigenvalue weighted by Crippen LogP contribution is 2.43. The lowest BCUT2D eigenvalue weighted by molar-refractivity contribution is -0.156. The van der Waals surface area contributed by atoms with Crippen LogP contribution in [0.4, 0.5) is 18.0 Å². The number of carboxylic acids is 1. The molecule has 6 aromatic heterocycles. The number of carbonyl (C=O) groups is 4. The number of amides is 3. The Labute approximate surface area is 639 Å². The van der Waals surface area contributed by atoms with Crippen LogP contribution in [0.15, 0.2) is 177 Å². The molecule has 0 aliphatic carbocycles. The van der Waals surface area contributed by atoms with Crippen LogP contribution in [0.1, 0.15) is 56.7 Å². The first-order valence-electron chi connectivity index (χ1n) is 35.6. The minimum Gasteiger partial charge on any atom is -0.494 e. The number of carbonyl (C=O) groups excluding carboxylic acids is 2. The zero-order valence-electron chi connectivity index (χ0n) is 61.8. The molecule has 0 spiro atoms. The number of nitrogens with two attached hydrogens (primary N) is 1. The Morgan fingerprint density at radius 2 is 0.688 bits per heavy atom. The van der Waals surface area contributed by atoms with Crippen molar-refractivity contribution in [2.75, 3.05) is 81.9 Å². The van der Waals surface area contributed by atoms with Crippen molar-refractivity contribution in [3.8, 4) is 103 Å². The third-order valence-electron chi connectivity index (χ3n) is 19.4. The van der Waals surface area contributed by atoms with Crippen molar-refractivity contribution >= 4 is 56.6 Å². The maximum atomic E-state index is 14.5. The minimum atomic E-state index is -1.48. The summed E-state index contributed by atoms with van der Waals surface area (Å²) in [5.74, 6) is -0.937. The van der Waals surface area contributed by atoms with Crippen molar-refractivity contribution in [3.63, 3.8) is 0 Å². The maximum Gasteiger partial charge on any atom is 0.407 e. The number of ether oxygens (including phenoxy) is 9. The van der Waals surface area contributed by atoms with Crippen LogP contribution in [0.5, 0.6) is 69.0 Å². The molecule has 3 atom stereocenters. The molecule has 6 aromatic carbocycles. The molecule has 28 nitrogen and oxygen atoms in total. The number of piperidine rings is 3. The van der Waals surface area contributed by atoms with Gasteiger partial charge in [0.25, 0.3) is 5.91 Å². The van der Waals surface area contributed by atoms with E-state index in [9.17, 15) is 42.6 Å². The summed E-state index contributed by atoms with van der Waals surface area (Å²) in [6.45, 7) is 6.11. The van der Waals surface area contributed by atoms with E-state index in [4.69, 9.17) is 63.7 Å². The van der Waals surface area contributed by atoms with Crippen molar-refractivity contribution in [2.24, 2.45) is 5.73 Å². The molecule has 3 saturated heterocycles. The summed E-state index contributed by atoms with van der Waals surface area (Å²) in [7, 11) is 8.89. The number of hydrogen-bond acceptors (Lipinski definition) is 20. The second-order valence-electron chi connectivity index (χ2n) is 26.2. The van der Waals surface area contributed by atoms with Gasteiger partial charge >= 0.3 is 18.0 Å². The van der Waals surface area contributed by atoms with Crippen LogP contribution in [0.25, 0.3) is 66.5 Å². The first kappa shape index (κ1) is 76.6. The quantitative estimate of drug-likeness (QED) is 0.0500. The fraction of sp³-hybridized carbons (Fsp3) is 0.259. The van der Waals surface area contributed by atoms with Crippen molar-refractivity contribution in [1.29, 1.82) is 0 Å². The molecule has 15 rings (SSSR count). The monoisotopic (exact) mass is 1530 g/mol. The number of carboxylic acid groups (broad SMARTS) is 2. The zero-order valence-corrected chi connectivity index (χ0v) is 61.8. The number of methoxy groups -OCH3 is 6. The Bertz CT molecular complexity index is 5240. The highest BCUT2D eigenvalue weighted by atomic mass is 19.1. The SMILES string of the molecule is C=C(N)C(=O)N1CCCC(n2nc(-c3ccc(Oc4cccc(OC)c4F)cc3)c3cncc(OC)c32)C1.COc1cccc(Oc2ccc(-c3nn(C4CCCN(C(=O)C(=O)O)C4)c4c(OC)cncc34)cc2)c1F.COc1cccc(Oc2ccc(-c3nn(C4CCCN(C(=O)O)C4)c4c(OC)cncc34)cc2)c1F. The van der Waals surface area contributed by atoms with Gasteiger partial charge in [0.2, 0.25) is 17.5 Å². The number of fused-ring (bicyclic) bond motifs is 3. The molecule has 0 bridgehead atoms. The van der Waals surface area contributed by atoms with Crippen LogP contribution < -0.4 is 48.4 Å². The van der Waals surface area contributed by atoms with E-state index in [-0.39, 0.29) is 70.8 Å². The summed E-state index contributed by atoms with van der Waals surface area (Å²) < 4.78 is 98.1. The summed E-state index contributed by atoms with van der Waals surface area (Å²) in [5.41, 5.74) is 12.4. The average molecular weight is 1530 g/mol. The van der Waals surface area contributed by atoms with Crippen molar-refractivity contribution < 1.29 is 85.2 Å². The first-order chi connectivity index (χ1) is 54.3. The summed E-state index contributed by atoms with van der Waals surface area (Å²) >= 11 is 0. The van der Waals surface area contributed by atoms with Gasteiger partial charge in [-0.25, -0.2) is 9.59 Å². The van der Waals surface area contributed by atoms with Gasteiger partial charge in [0, 0.05) is 74.5 Å². The topological polar surface area (TPSA) is 320 Å². The predicted octanol–water partition coefficient (Wildman–Crippen LogP) is 14.3. The van der Waals surface area contributed by atoms with Gasteiger partial charge in [-0.15, -0.1) is 0 Å². The Kier molecular flexibility index (Phi) is 23.2. The van der Waals surface area contributed by atoms with Crippen molar-refractivity contribution in [2.45, 2.75) is 56.7 Å². The largest absolute Gasteiger partial charge is 0.494 e. The fourth-order valence-corrected chi connectivity index (χ4v) is 14.0. The van der Waals surface area contributed by atoms with Gasteiger partial charge in [-0.2, -0.15) is 28.5 Å². The molecular formula is C81H78F3N13O15. The number of likely N-dealkylation sites (tertiary alicyclic amines) is 3. The highest BCUT2D eigenvalue weighted by Gasteiger charge is 2.34. The molecule has 4 N–H and O–H groups in total. The van der Waals surface area contributed by atoms with Crippen LogP contribution >= 0.6 is 0 Å². The van der Waals surface area contributed by atoms with Crippen molar-refractivity contribution in [1.82, 2.24) is 59.0 Å². The molecule has 578 valence electrons. The average Bonchev–Trinajstić information content (AvgIpc) is 1.62. The zero-order chi connectivity index (χ0) is 78.9. The third-order valence-corrected chi connectivity index (χ3v) is 19.4. The van der Waals surface area contributed by atoms with E-state index in [1.807, 2.05) is 33.6 Å². The first-order valence-corrected chi connectivity index (χ1v) is 35.6. The standard InChI is InChI=1S/C28H28FN5O4.C27H25FN4O6.C26H25FN4O5/c1-17(30)28(35)33-13-5-6-19(16-33)34-27-21(14-31-15-24(27)37-3)26(32-34)18-9-11-20(12-10-18)38-23-8-4-7-22(36-2)25(23)29;1-36-20-6-3-7-21(23(20)28)38-18-10-8-16(9-11-18)24-19-13-29-14-22(37-2)25(19)32(30-24)17-5-4-12-31(15-17)26(33)27(34)35;1-34-20-6-3-7-21(23(20)27)36-18-10-8-16(9-11-18)24-19-13-28-14-22(35-2)25(19)31(29-24)17-5-4-12-30(15-17)26(32)33/h4,7-12,14-15,19H,1,5-6,13,16,30H2,2-3H3;3,6-11,13-14,17H,4-5,12,15H2,1-2H3,(H,34,35);3,6-11,13-14,17H,4-5,12,15H2,1-2H3,(H,32,33). The van der Waals surface area contributed by atoms with E-state index in [1.54, 1.807) is 135 Å². The molecule has 9 heterocycles. The van der Waals surface area contributed by atoms with Crippen LogP contribution in [0, 0.1) is 17.5 Å². The predicted molar refractivity (Wildman–Crippen MR) is 406 cm³/mol. The molecule has 3 unspecified atom stereocenters. The van der Waals surface area contributed by atoms with E-state index in [0.29, 0.717) is 103 Å². The Balaban J connectivity index is 0.000000147. The Morgan fingerprint density at radius 3 is 0.973 bits per heavy atom. The van der Waals surface area contributed by atoms with Gasteiger partial charge < -0.3 is 73.3 Å². The molecule has 3 aliphatic rings. The Morgan fingerprint density at radius 1 is 0.402 bits per heavy atom. The summed E-state index contributed by atoms with van der Waals surface area (Å²) in [5, 5.41) is 35.7. The van der Waals surface area contributed by atoms with E-state index in [2.05, 4.69) is 21.5 Å². The van der Waals surface area contributed by atoms with E-state index in [1.165, 1.54) is 67.5 Å². The van der Waals surface area contributed by atoms with Gasteiger partial charge in [0.1, 0.15) is 50.9 Å². The van der Waals surface area contributed by atoms with Crippen LogP contribution in [0.3, 0.4) is 0 Å². The number of pyridine rings is 3. The van der Waals surface area contributed by atoms with E-state index in [0.717, 1.165) is 69.6 Å². The van der Waals surface area contributed by atoms with Crippen LogP contribution in [-0.4, -0.2) is 175 Å². The number of rotatable bonds is 19. The van der Waals surface area contributed by atoms with Gasteiger partial charge in [-0.1, -0.05) is 24.8 Å². The minimum absolute atomic E-state index is 0.0228. The maximum absolute atomic E-state index is 14.5. The molecule has 0 saturated carbocycles. The number of aliphatic carboxylic acids is 1. The fourth-order valence-electron chi connectivity index (χ4n) is 14.0. The van der Waals surface area contributed by atoms with Crippen LogP contribution in [-0.2, 0) is 14.4 Å². The second-order valence-corrected chi connectivity index (χ2v) is 26.2. The lowest BCUT2D eigenvalue weighted by Gasteiger charge is -2.33. The third kappa shape index (κ3) is 16.0. The molecule has 3 aliphatic heterocycles. The summed E-state index contributed by atoms with van der Waals surface area (Å²) in [4.78, 5) is 64.9. The molecule has 12 aromatic rings. The van der Waals surface area contributed by atoms with Crippen LogP contribution in [0.2, 0.25) is 0 Å². The number of halogens is 3. The molecule has 0 radical (unpaired) electrons. The smallest absolute Gasteiger partial charge is 0.407 e. The summed E-state index contributed by atoms with van der Waals surface area (Å²) in [6, 6.07) is 35.0. The highest BCUT2D eigenvalue weighted by molar-refractivity contribution is 6.31. The number of aromatic nitrogens is 9. The second kappa shape index (κ2) is 33.9. The van der Waals surface area contributed by atoms with Gasteiger partial charge in [-0.05, 0) is 148 Å².